The van der Waals surface area contributed by atoms with Crippen LogP contribution in [0.1, 0.15) is 12.6 Å². The predicted molar refractivity (Wildman–Crippen MR) is 77.7 cm³/mol. The maximum absolute atomic E-state index is 9.08. The van der Waals surface area contributed by atoms with E-state index in [2.05, 4.69) is 14.9 Å². The van der Waals surface area contributed by atoms with Crippen molar-refractivity contribution in [2.75, 3.05) is 35.2 Å². The van der Waals surface area contributed by atoms with Gasteiger partial charge in [-0.25, -0.2) is 9.97 Å². The van der Waals surface area contributed by atoms with E-state index >= 15 is 0 Å². The lowest BCUT2D eigenvalue weighted by Crippen LogP contribution is -2.33. The highest BCUT2D eigenvalue weighted by molar-refractivity contribution is 7.99. The summed E-state index contributed by atoms with van der Waals surface area (Å²) in [7, 11) is 0. The molecule has 1 aromatic heterocycles. The second kappa shape index (κ2) is 6.50. The number of hydrogen-bond donors (Lipinski definition) is 0. The third-order valence-electron chi connectivity index (χ3n) is 2.50. The van der Waals surface area contributed by atoms with E-state index in [4.69, 9.17) is 16.9 Å². The molecular weight excluding hydrogens is 288 g/mol. The number of nitriles is 1. The zero-order valence-corrected chi connectivity index (χ0v) is 12.4. The van der Waals surface area contributed by atoms with Gasteiger partial charge in [0.25, 0.3) is 0 Å². The summed E-state index contributed by atoms with van der Waals surface area (Å²) in [5.74, 6) is 3.72. The van der Waals surface area contributed by atoms with E-state index in [0.29, 0.717) is 16.0 Å². The van der Waals surface area contributed by atoms with Crippen LogP contribution in [-0.4, -0.2) is 40.3 Å². The maximum atomic E-state index is 9.08. The van der Waals surface area contributed by atoms with Crippen LogP contribution >= 0.6 is 35.1 Å². The third kappa shape index (κ3) is 3.02. The topological polar surface area (TPSA) is 52.8 Å². The molecule has 1 saturated heterocycles. The largest absolute Gasteiger partial charge is 0.354 e. The molecule has 0 amide bonds. The van der Waals surface area contributed by atoms with Crippen molar-refractivity contribution in [2.45, 2.75) is 12.1 Å². The predicted octanol–water partition coefficient (Wildman–Crippen LogP) is 2.67. The molecular formula is C11H13ClN4S2. The van der Waals surface area contributed by atoms with Gasteiger partial charge >= 0.3 is 0 Å². The monoisotopic (exact) mass is 300 g/mol. The Kier molecular flexibility index (Phi) is 4.98. The first-order chi connectivity index (χ1) is 8.76. The van der Waals surface area contributed by atoms with E-state index in [9.17, 15) is 0 Å². The van der Waals surface area contributed by atoms with E-state index in [1.807, 2.05) is 24.8 Å². The standard InChI is InChI=1S/C11H13ClN4S2/c1-2-18-11-14-8(7-13)9(12)10(15-11)16-3-5-17-6-4-16/h2-6H2,1H3. The zero-order chi connectivity index (χ0) is 13.0. The van der Waals surface area contributed by atoms with Crippen molar-refractivity contribution in [3.63, 3.8) is 0 Å². The number of hydrogen-bond acceptors (Lipinski definition) is 6. The van der Waals surface area contributed by atoms with E-state index in [-0.39, 0.29) is 5.69 Å². The minimum Gasteiger partial charge on any atom is -0.354 e. The van der Waals surface area contributed by atoms with Gasteiger partial charge in [0, 0.05) is 24.6 Å². The molecule has 2 rings (SSSR count). The molecule has 0 spiro atoms. The minimum atomic E-state index is 0.274. The molecule has 0 atom stereocenters. The lowest BCUT2D eigenvalue weighted by atomic mass is 10.3. The van der Waals surface area contributed by atoms with Crippen molar-refractivity contribution in [1.29, 1.82) is 5.26 Å². The Morgan fingerprint density at radius 3 is 2.78 bits per heavy atom. The Bertz CT molecular complexity index is 469. The first-order valence-electron chi connectivity index (χ1n) is 5.69. The smallest absolute Gasteiger partial charge is 0.190 e. The fourth-order valence-electron chi connectivity index (χ4n) is 1.67. The summed E-state index contributed by atoms with van der Waals surface area (Å²) in [4.78, 5) is 10.8. The van der Waals surface area contributed by atoms with E-state index in [1.54, 1.807) is 0 Å². The SMILES string of the molecule is CCSc1nc(C#N)c(Cl)c(N2CCSCC2)n1. The van der Waals surface area contributed by atoms with Crippen LogP contribution in [0, 0.1) is 11.3 Å². The lowest BCUT2D eigenvalue weighted by Gasteiger charge is -2.28. The summed E-state index contributed by atoms with van der Waals surface area (Å²) in [6, 6.07) is 2.05. The average molecular weight is 301 g/mol. The highest BCUT2D eigenvalue weighted by Gasteiger charge is 2.20. The van der Waals surface area contributed by atoms with Gasteiger partial charge in [-0.2, -0.15) is 17.0 Å². The number of nitrogens with zero attached hydrogens (tertiary/aromatic N) is 4. The molecule has 1 aromatic rings. The summed E-state index contributed by atoms with van der Waals surface area (Å²) in [6.07, 6.45) is 0. The molecule has 1 aliphatic heterocycles. The van der Waals surface area contributed by atoms with Crippen molar-refractivity contribution in [2.24, 2.45) is 0 Å². The molecule has 0 unspecified atom stereocenters. The molecule has 0 saturated carbocycles. The van der Waals surface area contributed by atoms with Crippen molar-refractivity contribution in [3.8, 4) is 6.07 Å². The highest BCUT2D eigenvalue weighted by atomic mass is 35.5. The second-order valence-corrected chi connectivity index (χ2v) is 6.47. The molecule has 1 fully saturated rings. The minimum absolute atomic E-state index is 0.274. The van der Waals surface area contributed by atoms with Crippen molar-refractivity contribution in [3.05, 3.63) is 10.7 Å². The first-order valence-corrected chi connectivity index (χ1v) is 8.21. The third-order valence-corrected chi connectivity index (χ3v) is 4.52. The Morgan fingerprint density at radius 2 is 2.17 bits per heavy atom. The molecule has 2 heterocycles. The number of thioether (sulfide) groups is 2. The van der Waals surface area contributed by atoms with E-state index in [1.165, 1.54) is 11.8 Å². The first kappa shape index (κ1) is 13.8. The van der Waals surface area contributed by atoms with Crippen molar-refractivity contribution < 1.29 is 0 Å². The fourth-order valence-corrected chi connectivity index (χ4v) is 3.38. The van der Waals surface area contributed by atoms with Gasteiger partial charge in [-0.15, -0.1) is 0 Å². The highest BCUT2D eigenvalue weighted by Crippen LogP contribution is 2.30. The number of rotatable bonds is 3. The molecule has 0 bridgehead atoms. The molecule has 4 nitrogen and oxygen atoms in total. The van der Waals surface area contributed by atoms with Crippen LogP contribution in [0.4, 0.5) is 5.82 Å². The average Bonchev–Trinajstić information content (AvgIpc) is 2.42. The van der Waals surface area contributed by atoms with E-state index in [0.717, 1.165) is 30.3 Å². The molecule has 96 valence electrons. The van der Waals surface area contributed by atoms with Crippen LogP contribution in [0.5, 0.6) is 0 Å². The van der Waals surface area contributed by atoms with Gasteiger partial charge in [0.05, 0.1) is 0 Å². The number of anilines is 1. The Morgan fingerprint density at radius 1 is 1.44 bits per heavy atom. The molecule has 18 heavy (non-hydrogen) atoms. The van der Waals surface area contributed by atoms with Crippen LogP contribution in [0.15, 0.2) is 5.16 Å². The van der Waals surface area contributed by atoms with Gasteiger partial charge in [0.1, 0.15) is 11.1 Å². The summed E-state index contributed by atoms with van der Waals surface area (Å²) in [6.45, 7) is 3.87. The molecule has 0 radical (unpaired) electrons. The number of halogens is 1. The normalized spacial score (nSPS) is 15.5. The van der Waals surface area contributed by atoms with Crippen LogP contribution in [0.25, 0.3) is 0 Å². The van der Waals surface area contributed by atoms with Crippen LogP contribution in [0.3, 0.4) is 0 Å². The summed E-state index contributed by atoms with van der Waals surface area (Å²) in [5.41, 5.74) is 0.274. The van der Waals surface area contributed by atoms with Gasteiger partial charge < -0.3 is 4.90 Å². The molecule has 0 aliphatic carbocycles. The van der Waals surface area contributed by atoms with Gasteiger partial charge in [-0.1, -0.05) is 30.3 Å². The second-order valence-electron chi connectivity index (χ2n) is 3.64. The summed E-state index contributed by atoms with van der Waals surface area (Å²) < 4.78 is 0. The van der Waals surface area contributed by atoms with Crippen LogP contribution in [0.2, 0.25) is 5.02 Å². The van der Waals surface area contributed by atoms with Gasteiger partial charge in [0.15, 0.2) is 16.7 Å². The van der Waals surface area contributed by atoms with Gasteiger partial charge in [-0.3, -0.25) is 0 Å². The van der Waals surface area contributed by atoms with Crippen molar-refractivity contribution >= 4 is 40.9 Å². The molecule has 0 aromatic carbocycles. The summed E-state index contributed by atoms with van der Waals surface area (Å²) >= 11 is 9.66. The quantitative estimate of drug-likeness (QED) is 0.632. The Hall–Kier alpha value is -0.640. The molecule has 7 heteroatoms. The lowest BCUT2D eigenvalue weighted by molar-refractivity contribution is 0.811. The van der Waals surface area contributed by atoms with Gasteiger partial charge in [-0.05, 0) is 5.75 Å². The fraction of sp³-hybridized carbons (Fsp3) is 0.545. The van der Waals surface area contributed by atoms with Crippen LogP contribution in [-0.2, 0) is 0 Å². The van der Waals surface area contributed by atoms with Crippen molar-refractivity contribution in [1.82, 2.24) is 9.97 Å². The molecule has 0 N–H and O–H groups in total. The summed E-state index contributed by atoms with van der Waals surface area (Å²) in [5, 5.41) is 10.1. The molecule has 1 aliphatic rings. The Balaban J connectivity index is 2.37. The van der Waals surface area contributed by atoms with Crippen LogP contribution < -0.4 is 4.90 Å². The number of aromatic nitrogens is 2. The zero-order valence-electron chi connectivity index (χ0n) is 10.0. The van der Waals surface area contributed by atoms with E-state index < -0.39 is 0 Å². The van der Waals surface area contributed by atoms with Gasteiger partial charge in [0.2, 0.25) is 0 Å². The maximum Gasteiger partial charge on any atom is 0.190 e. The Labute approximate surface area is 120 Å².